The van der Waals surface area contributed by atoms with Crippen LogP contribution < -0.4 is 10.6 Å². The Labute approximate surface area is 113 Å². The Morgan fingerprint density at radius 3 is 2.21 bits per heavy atom. The van der Waals surface area contributed by atoms with Crippen molar-refractivity contribution in [1.29, 1.82) is 0 Å². The first-order valence-corrected chi connectivity index (χ1v) is 6.20. The molecule has 5 nitrogen and oxygen atoms in total. The van der Waals surface area contributed by atoms with Crippen LogP contribution in [0.3, 0.4) is 0 Å². The summed E-state index contributed by atoms with van der Waals surface area (Å²) in [5, 5.41) is 5.31. The fraction of sp³-hybridized carbons (Fsp3) is 0.429. The summed E-state index contributed by atoms with van der Waals surface area (Å²) in [4.78, 5) is 23.1. The number of anilines is 1. The second-order valence-corrected chi connectivity index (χ2v) is 5.06. The van der Waals surface area contributed by atoms with E-state index in [4.69, 9.17) is 4.74 Å². The lowest BCUT2D eigenvalue weighted by atomic mass is 10.2. The van der Waals surface area contributed by atoms with Gasteiger partial charge in [-0.05, 0) is 52.0 Å². The summed E-state index contributed by atoms with van der Waals surface area (Å²) in [6, 6.07) is 6.62. The van der Waals surface area contributed by atoms with Gasteiger partial charge >= 0.3 is 6.09 Å². The van der Waals surface area contributed by atoms with Crippen molar-refractivity contribution < 1.29 is 14.3 Å². The number of carbonyl (C=O) groups is 2. The molecule has 2 N–H and O–H groups in total. The van der Waals surface area contributed by atoms with Crippen molar-refractivity contribution in [2.24, 2.45) is 0 Å². The number of carbonyl (C=O) groups excluding carboxylic acids is 2. The van der Waals surface area contributed by atoms with Gasteiger partial charge in [0.1, 0.15) is 5.60 Å². The SMILES string of the molecule is CCNC(=O)c1ccc(NC(=O)OC(C)(C)C)cc1. The van der Waals surface area contributed by atoms with Crippen molar-refractivity contribution in [1.82, 2.24) is 5.32 Å². The maximum atomic E-state index is 11.5. The molecule has 0 saturated carbocycles. The first-order chi connectivity index (χ1) is 8.81. The van der Waals surface area contributed by atoms with Crippen LogP contribution in [0.4, 0.5) is 10.5 Å². The molecule has 2 amide bonds. The van der Waals surface area contributed by atoms with Crippen LogP contribution in [-0.2, 0) is 4.74 Å². The third kappa shape index (κ3) is 5.42. The Hall–Kier alpha value is -2.04. The van der Waals surface area contributed by atoms with E-state index in [2.05, 4.69) is 10.6 Å². The van der Waals surface area contributed by atoms with Gasteiger partial charge in [-0.15, -0.1) is 0 Å². The largest absolute Gasteiger partial charge is 0.444 e. The molecule has 0 aromatic heterocycles. The average Bonchev–Trinajstić information content (AvgIpc) is 2.27. The van der Waals surface area contributed by atoms with E-state index >= 15 is 0 Å². The molecule has 0 saturated heterocycles. The predicted octanol–water partition coefficient (Wildman–Crippen LogP) is 2.78. The third-order valence-corrected chi connectivity index (χ3v) is 2.13. The molecule has 0 aliphatic rings. The van der Waals surface area contributed by atoms with Gasteiger partial charge in [-0.1, -0.05) is 0 Å². The Balaban J connectivity index is 2.62. The highest BCUT2D eigenvalue weighted by Gasteiger charge is 2.16. The van der Waals surface area contributed by atoms with Gasteiger partial charge in [-0.25, -0.2) is 4.79 Å². The molecule has 1 aromatic rings. The second-order valence-electron chi connectivity index (χ2n) is 5.06. The highest BCUT2D eigenvalue weighted by Crippen LogP contribution is 2.12. The summed E-state index contributed by atoms with van der Waals surface area (Å²) >= 11 is 0. The summed E-state index contributed by atoms with van der Waals surface area (Å²) in [5.74, 6) is -0.133. The van der Waals surface area contributed by atoms with Gasteiger partial charge in [0.05, 0.1) is 0 Å². The summed E-state index contributed by atoms with van der Waals surface area (Å²) in [6.07, 6.45) is -0.516. The van der Waals surface area contributed by atoms with Crippen molar-refractivity contribution in [3.8, 4) is 0 Å². The molecule has 1 rings (SSSR count). The van der Waals surface area contributed by atoms with Crippen LogP contribution >= 0.6 is 0 Å². The van der Waals surface area contributed by atoms with Crippen LogP contribution in [0.1, 0.15) is 38.1 Å². The molecule has 1 aromatic carbocycles. The normalized spacial score (nSPS) is 10.7. The maximum absolute atomic E-state index is 11.5. The molecule has 0 aliphatic heterocycles. The summed E-state index contributed by atoms with van der Waals surface area (Å²) in [7, 11) is 0. The Bertz CT molecular complexity index is 447. The van der Waals surface area contributed by atoms with E-state index in [1.165, 1.54) is 0 Å². The Morgan fingerprint density at radius 1 is 1.16 bits per heavy atom. The van der Waals surface area contributed by atoms with E-state index < -0.39 is 11.7 Å². The van der Waals surface area contributed by atoms with Gasteiger partial charge < -0.3 is 10.1 Å². The van der Waals surface area contributed by atoms with Gasteiger partial charge in [-0.3, -0.25) is 10.1 Å². The minimum absolute atomic E-state index is 0.133. The van der Waals surface area contributed by atoms with Crippen LogP contribution in [0.25, 0.3) is 0 Å². The van der Waals surface area contributed by atoms with Gasteiger partial charge in [0, 0.05) is 17.8 Å². The van der Waals surface area contributed by atoms with E-state index in [1.54, 1.807) is 45.0 Å². The maximum Gasteiger partial charge on any atom is 0.412 e. The van der Waals surface area contributed by atoms with E-state index in [1.807, 2.05) is 6.92 Å². The number of nitrogens with one attached hydrogen (secondary N) is 2. The van der Waals surface area contributed by atoms with Crippen LogP contribution in [0, 0.1) is 0 Å². The summed E-state index contributed by atoms with van der Waals surface area (Å²) in [5.41, 5.74) is 0.601. The van der Waals surface area contributed by atoms with Crippen molar-refractivity contribution in [2.75, 3.05) is 11.9 Å². The quantitative estimate of drug-likeness (QED) is 0.882. The molecule has 0 bridgehead atoms. The number of ether oxygens (including phenoxy) is 1. The molecule has 19 heavy (non-hydrogen) atoms. The van der Waals surface area contributed by atoms with E-state index in [-0.39, 0.29) is 5.91 Å². The molecule has 0 radical (unpaired) electrons. The van der Waals surface area contributed by atoms with Crippen molar-refractivity contribution in [3.63, 3.8) is 0 Å². The van der Waals surface area contributed by atoms with Gasteiger partial charge in [-0.2, -0.15) is 0 Å². The lowest BCUT2D eigenvalue weighted by Crippen LogP contribution is -2.27. The zero-order valence-electron chi connectivity index (χ0n) is 11.7. The molecule has 104 valence electrons. The number of hydrogen-bond acceptors (Lipinski definition) is 3. The molecule has 0 heterocycles. The van der Waals surface area contributed by atoms with Crippen LogP contribution in [0.5, 0.6) is 0 Å². The van der Waals surface area contributed by atoms with Crippen molar-refractivity contribution >= 4 is 17.7 Å². The zero-order valence-corrected chi connectivity index (χ0v) is 11.7. The number of amides is 2. The average molecular weight is 264 g/mol. The number of hydrogen-bond donors (Lipinski definition) is 2. The van der Waals surface area contributed by atoms with E-state index in [0.717, 1.165) is 0 Å². The number of benzene rings is 1. The predicted molar refractivity (Wildman–Crippen MR) is 74.3 cm³/mol. The molecule has 0 atom stereocenters. The van der Waals surface area contributed by atoms with Crippen molar-refractivity contribution in [3.05, 3.63) is 29.8 Å². The summed E-state index contributed by atoms with van der Waals surface area (Å²) in [6.45, 7) is 7.83. The Kier molecular flexibility index (Phi) is 4.92. The topological polar surface area (TPSA) is 67.4 Å². The first-order valence-electron chi connectivity index (χ1n) is 6.20. The van der Waals surface area contributed by atoms with Crippen LogP contribution in [0.2, 0.25) is 0 Å². The summed E-state index contributed by atoms with van der Waals surface area (Å²) < 4.78 is 5.13. The molecule has 0 fully saturated rings. The minimum atomic E-state index is -0.537. The lowest BCUT2D eigenvalue weighted by molar-refractivity contribution is 0.0636. The molecule has 0 unspecified atom stereocenters. The molecule has 5 heteroatoms. The fourth-order valence-corrected chi connectivity index (χ4v) is 1.39. The van der Waals surface area contributed by atoms with Gasteiger partial charge in [0.15, 0.2) is 0 Å². The number of rotatable bonds is 3. The molecular formula is C14H20N2O3. The van der Waals surface area contributed by atoms with Crippen LogP contribution in [0.15, 0.2) is 24.3 Å². The smallest absolute Gasteiger partial charge is 0.412 e. The minimum Gasteiger partial charge on any atom is -0.444 e. The Morgan fingerprint density at radius 2 is 1.74 bits per heavy atom. The monoisotopic (exact) mass is 264 g/mol. The molecule has 0 spiro atoms. The standard InChI is InChI=1S/C14H20N2O3/c1-5-15-12(17)10-6-8-11(9-7-10)16-13(18)19-14(2,3)4/h6-9H,5H2,1-4H3,(H,15,17)(H,16,18). The zero-order chi connectivity index (χ0) is 14.5. The van der Waals surface area contributed by atoms with Crippen LogP contribution in [-0.4, -0.2) is 24.1 Å². The van der Waals surface area contributed by atoms with Crippen molar-refractivity contribution in [2.45, 2.75) is 33.3 Å². The molecular weight excluding hydrogens is 244 g/mol. The highest BCUT2D eigenvalue weighted by molar-refractivity contribution is 5.95. The fourth-order valence-electron chi connectivity index (χ4n) is 1.39. The van der Waals surface area contributed by atoms with Gasteiger partial charge in [0.25, 0.3) is 5.91 Å². The van der Waals surface area contributed by atoms with E-state index in [9.17, 15) is 9.59 Å². The lowest BCUT2D eigenvalue weighted by Gasteiger charge is -2.19. The highest BCUT2D eigenvalue weighted by atomic mass is 16.6. The van der Waals surface area contributed by atoms with Gasteiger partial charge in [0.2, 0.25) is 0 Å². The molecule has 0 aliphatic carbocycles. The van der Waals surface area contributed by atoms with E-state index in [0.29, 0.717) is 17.8 Å². The first kappa shape index (κ1) is 15.0. The second kappa shape index (κ2) is 6.22. The third-order valence-electron chi connectivity index (χ3n) is 2.13.